The number of fused-ring (bicyclic) bond motifs is 1. The van der Waals surface area contributed by atoms with E-state index in [9.17, 15) is 14.4 Å². The lowest BCUT2D eigenvalue weighted by molar-refractivity contribution is 0.0650. The van der Waals surface area contributed by atoms with Gasteiger partial charge in [0.05, 0.1) is 11.1 Å². The zero-order valence-electron chi connectivity index (χ0n) is 15.7. The molecule has 3 aromatic rings. The molecule has 2 amide bonds. The van der Waals surface area contributed by atoms with Gasteiger partial charge in [0.15, 0.2) is 5.82 Å². The first-order valence-corrected chi connectivity index (χ1v) is 9.70. The molecule has 0 atom stereocenters. The van der Waals surface area contributed by atoms with Gasteiger partial charge < -0.3 is 0 Å². The number of amides is 2. The molecule has 5 rings (SSSR count). The topological polar surface area (TPSA) is 90.1 Å². The van der Waals surface area contributed by atoms with Gasteiger partial charge in [0, 0.05) is 37.1 Å². The standard InChI is InChI=1S/C21H19N5O3/c27-19-16-6-1-2-7-17(16)20(28)24(19)11-4-12-25-21(29)26(15-8-9-15)18(23-25)14-5-3-10-22-13-14/h1-3,5-7,10,13,15H,4,8-9,11-12H2. The maximum Gasteiger partial charge on any atom is 0.346 e. The Morgan fingerprint density at radius 1 is 0.931 bits per heavy atom. The fraction of sp³-hybridized carbons (Fsp3) is 0.286. The van der Waals surface area contributed by atoms with Gasteiger partial charge in [0.1, 0.15) is 0 Å². The summed E-state index contributed by atoms with van der Waals surface area (Å²) in [5.41, 5.74) is 1.52. The Morgan fingerprint density at radius 3 is 2.28 bits per heavy atom. The predicted molar refractivity (Wildman–Crippen MR) is 104 cm³/mol. The number of nitrogens with zero attached hydrogens (tertiary/aromatic N) is 5. The third kappa shape index (κ3) is 2.97. The van der Waals surface area contributed by atoms with E-state index in [4.69, 9.17) is 0 Å². The van der Waals surface area contributed by atoms with Crippen molar-refractivity contribution >= 4 is 11.8 Å². The molecular weight excluding hydrogens is 370 g/mol. The van der Waals surface area contributed by atoms with Gasteiger partial charge in [-0.15, -0.1) is 5.10 Å². The van der Waals surface area contributed by atoms with Gasteiger partial charge in [-0.05, 0) is 43.5 Å². The summed E-state index contributed by atoms with van der Waals surface area (Å²) in [6.07, 6.45) is 5.77. The highest BCUT2D eigenvalue weighted by Gasteiger charge is 2.35. The Morgan fingerprint density at radius 2 is 1.66 bits per heavy atom. The van der Waals surface area contributed by atoms with E-state index in [-0.39, 0.29) is 30.1 Å². The second-order valence-electron chi connectivity index (χ2n) is 7.33. The molecule has 1 saturated carbocycles. The largest absolute Gasteiger partial charge is 0.346 e. The molecule has 0 bridgehead atoms. The van der Waals surface area contributed by atoms with E-state index < -0.39 is 0 Å². The van der Waals surface area contributed by atoms with Crippen LogP contribution in [0.4, 0.5) is 0 Å². The van der Waals surface area contributed by atoms with Crippen LogP contribution in [0.5, 0.6) is 0 Å². The third-order valence-corrected chi connectivity index (χ3v) is 5.33. The smallest absolute Gasteiger partial charge is 0.274 e. The third-order valence-electron chi connectivity index (χ3n) is 5.33. The van der Waals surface area contributed by atoms with E-state index in [2.05, 4.69) is 10.1 Å². The van der Waals surface area contributed by atoms with E-state index in [0.717, 1.165) is 18.4 Å². The number of imide groups is 1. The van der Waals surface area contributed by atoms with Crippen LogP contribution in [-0.2, 0) is 6.54 Å². The highest BCUT2D eigenvalue weighted by molar-refractivity contribution is 6.21. The van der Waals surface area contributed by atoms with Crippen LogP contribution in [0.15, 0.2) is 53.6 Å². The Hall–Kier alpha value is -3.55. The summed E-state index contributed by atoms with van der Waals surface area (Å²) in [6.45, 7) is 0.580. The molecule has 0 radical (unpaired) electrons. The number of hydrogen-bond acceptors (Lipinski definition) is 5. The van der Waals surface area contributed by atoms with Crippen LogP contribution in [0.1, 0.15) is 46.0 Å². The molecule has 1 aliphatic carbocycles. The molecule has 3 heterocycles. The van der Waals surface area contributed by atoms with Crippen LogP contribution in [0.25, 0.3) is 11.4 Å². The van der Waals surface area contributed by atoms with Crippen LogP contribution in [0.3, 0.4) is 0 Å². The fourth-order valence-electron chi connectivity index (χ4n) is 3.74. The van der Waals surface area contributed by atoms with Crippen molar-refractivity contribution in [2.24, 2.45) is 0 Å². The molecule has 2 aliphatic rings. The average Bonchev–Trinajstić information content (AvgIpc) is 3.50. The van der Waals surface area contributed by atoms with Gasteiger partial charge in [0.25, 0.3) is 11.8 Å². The highest BCUT2D eigenvalue weighted by Crippen LogP contribution is 2.36. The minimum atomic E-state index is -0.280. The SMILES string of the molecule is O=C1c2ccccc2C(=O)N1CCCn1nc(-c2cccnc2)n(C2CC2)c1=O. The van der Waals surface area contributed by atoms with Gasteiger partial charge in [0.2, 0.25) is 0 Å². The lowest BCUT2D eigenvalue weighted by Crippen LogP contribution is -2.32. The summed E-state index contributed by atoms with van der Waals surface area (Å²) in [7, 11) is 0. The van der Waals surface area contributed by atoms with E-state index in [1.807, 2.05) is 12.1 Å². The number of benzene rings is 1. The summed E-state index contributed by atoms with van der Waals surface area (Å²) in [5.74, 6) is 0.0568. The molecule has 1 fully saturated rings. The summed E-state index contributed by atoms with van der Waals surface area (Å²) in [5, 5.41) is 4.52. The van der Waals surface area contributed by atoms with Crippen molar-refractivity contribution < 1.29 is 9.59 Å². The number of hydrogen-bond donors (Lipinski definition) is 0. The predicted octanol–water partition coefficient (Wildman–Crippen LogP) is 2.13. The van der Waals surface area contributed by atoms with Crippen molar-refractivity contribution in [1.82, 2.24) is 24.2 Å². The number of pyridine rings is 1. The van der Waals surface area contributed by atoms with Gasteiger partial charge in [-0.25, -0.2) is 9.48 Å². The van der Waals surface area contributed by atoms with Crippen LogP contribution in [0.2, 0.25) is 0 Å². The van der Waals surface area contributed by atoms with E-state index in [0.29, 0.717) is 29.9 Å². The Balaban J connectivity index is 1.34. The highest BCUT2D eigenvalue weighted by atomic mass is 16.2. The zero-order chi connectivity index (χ0) is 20.0. The first-order chi connectivity index (χ1) is 14.1. The molecule has 1 aliphatic heterocycles. The van der Waals surface area contributed by atoms with Crippen molar-refractivity contribution in [2.45, 2.75) is 31.8 Å². The lowest BCUT2D eigenvalue weighted by atomic mass is 10.1. The van der Waals surface area contributed by atoms with Crippen LogP contribution in [-0.4, -0.2) is 42.6 Å². The first-order valence-electron chi connectivity index (χ1n) is 9.70. The molecule has 146 valence electrons. The fourth-order valence-corrected chi connectivity index (χ4v) is 3.74. The van der Waals surface area contributed by atoms with Crippen LogP contribution in [0, 0.1) is 0 Å². The molecular formula is C21H19N5O3. The number of carbonyl (C=O) groups excluding carboxylic acids is 2. The molecule has 8 nitrogen and oxygen atoms in total. The second-order valence-corrected chi connectivity index (χ2v) is 7.33. The second kappa shape index (κ2) is 6.80. The minimum absolute atomic E-state index is 0.159. The molecule has 0 saturated heterocycles. The van der Waals surface area contributed by atoms with Gasteiger partial charge in [-0.2, -0.15) is 0 Å². The Labute approximate surface area is 166 Å². The van der Waals surface area contributed by atoms with E-state index in [1.165, 1.54) is 9.58 Å². The van der Waals surface area contributed by atoms with Gasteiger partial charge in [-0.3, -0.25) is 24.0 Å². The molecule has 1 aromatic carbocycles. The zero-order valence-corrected chi connectivity index (χ0v) is 15.7. The number of carbonyl (C=O) groups is 2. The van der Waals surface area contributed by atoms with Crippen LogP contribution >= 0.6 is 0 Å². The molecule has 2 aromatic heterocycles. The van der Waals surface area contributed by atoms with Gasteiger partial charge in [-0.1, -0.05) is 12.1 Å². The molecule has 0 unspecified atom stereocenters. The molecule has 29 heavy (non-hydrogen) atoms. The molecule has 8 heteroatoms. The number of rotatable bonds is 6. The van der Waals surface area contributed by atoms with Crippen LogP contribution < -0.4 is 5.69 Å². The Bertz CT molecular complexity index is 1130. The normalized spacial score (nSPS) is 15.8. The maximum atomic E-state index is 12.9. The first kappa shape index (κ1) is 17.5. The van der Waals surface area contributed by atoms with Crippen molar-refractivity contribution in [3.63, 3.8) is 0 Å². The summed E-state index contributed by atoms with van der Waals surface area (Å²) < 4.78 is 3.16. The summed E-state index contributed by atoms with van der Waals surface area (Å²) >= 11 is 0. The summed E-state index contributed by atoms with van der Waals surface area (Å²) in [4.78, 5) is 43.2. The van der Waals surface area contributed by atoms with E-state index in [1.54, 1.807) is 41.2 Å². The Kier molecular flexibility index (Phi) is 4.12. The van der Waals surface area contributed by atoms with E-state index >= 15 is 0 Å². The quantitative estimate of drug-likeness (QED) is 0.603. The number of aromatic nitrogens is 4. The molecule has 0 spiro atoms. The van der Waals surface area contributed by atoms with Crippen molar-refractivity contribution in [3.8, 4) is 11.4 Å². The molecule has 0 N–H and O–H groups in total. The van der Waals surface area contributed by atoms with Gasteiger partial charge >= 0.3 is 5.69 Å². The monoisotopic (exact) mass is 389 g/mol. The van der Waals surface area contributed by atoms with Crippen molar-refractivity contribution in [2.75, 3.05) is 6.54 Å². The maximum absolute atomic E-state index is 12.9. The average molecular weight is 389 g/mol. The van der Waals surface area contributed by atoms with Crippen molar-refractivity contribution in [1.29, 1.82) is 0 Å². The lowest BCUT2D eigenvalue weighted by Gasteiger charge is -2.13. The number of aryl methyl sites for hydroxylation is 1. The summed E-state index contributed by atoms with van der Waals surface area (Å²) in [6, 6.07) is 10.7. The van der Waals surface area contributed by atoms with Crippen molar-refractivity contribution in [3.05, 3.63) is 70.4 Å². The minimum Gasteiger partial charge on any atom is -0.274 e.